The lowest BCUT2D eigenvalue weighted by Crippen LogP contribution is -2.13. The Morgan fingerprint density at radius 2 is 1.95 bits per heavy atom. The summed E-state index contributed by atoms with van der Waals surface area (Å²) in [6.45, 7) is 0. The zero-order valence-corrected chi connectivity index (χ0v) is 11.7. The maximum Gasteiger partial charge on any atom is 0.305 e. The summed E-state index contributed by atoms with van der Waals surface area (Å²) in [4.78, 5) is 23.0. The van der Waals surface area contributed by atoms with Crippen molar-refractivity contribution in [3.63, 3.8) is 0 Å². The number of allylic oxidation sites excluding steroid dienone is 1. The highest BCUT2D eigenvalue weighted by molar-refractivity contribution is 5.82. The fourth-order valence-corrected chi connectivity index (χ4v) is 2.76. The molecule has 0 radical (unpaired) electrons. The van der Waals surface area contributed by atoms with Gasteiger partial charge in [0, 0.05) is 19.3 Å². The molecule has 0 spiro atoms. The fraction of sp³-hybridized carbons (Fsp3) is 0.412. The first-order valence-electron chi connectivity index (χ1n) is 6.99. The van der Waals surface area contributed by atoms with Gasteiger partial charge >= 0.3 is 5.97 Å². The number of carbonyl (C=O) groups is 2. The third-order valence-electron chi connectivity index (χ3n) is 3.85. The first kappa shape index (κ1) is 14.5. The molecule has 0 heterocycles. The first-order valence-corrected chi connectivity index (χ1v) is 6.99. The lowest BCUT2D eigenvalue weighted by atomic mass is 9.90. The Labute approximate surface area is 119 Å². The van der Waals surface area contributed by atoms with E-state index in [9.17, 15) is 9.59 Å². The Bertz CT molecular complexity index is 490. The number of esters is 1. The van der Waals surface area contributed by atoms with E-state index in [2.05, 4.69) is 12.2 Å². The topological polar surface area (TPSA) is 43.4 Å². The number of Topliss-reactive ketones (excluding diaryl/α,β-unsaturated/α-hetero) is 1. The molecule has 2 atom stereocenters. The molecule has 1 aromatic carbocycles. The second kappa shape index (κ2) is 7.04. The molecule has 3 heteroatoms. The van der Waals surface area contributed by atoms with Gasteiger partial charge in [-0.2, -0.15) is 0 Å². The molecule has 0 saturated heterocycles. The minimum Gasteiger partial charge on any atom is -0.469 e. The van der Waals surface area contributed by atoms with Crippen molar-refractivity contribution in [3.8, 4) is 0 Å². The summed E-state index contributed by atoms with van der Waals surface area (Å²) in [5, 5.41) is 0. The molecule has 0 amide bonds. The summed E-state index contributed by atoms with van der Waals surface area (Å²) >= 11 is 0. The largest absolute Gasteiger partial charge is 0.469 e. The quantitative estimate of drug-likeness (QED) is 0.773. The van der Waals surface area contributed by atoms with E-state index in [1.807, 2.05) is 30.3 Å². The van der Waals surface area contributed by atoms with Crippen LogP contribution in [0, 0.1) is 11.8 Å². The molecule has 3 nitrogen and oxygen atoms in total. The van der Waals surface area contributed by atoms with Crippen LogP contribution in [0.1, 0.15) is 31.2 Å². The molecule has 0 unspecified atom stereocenters. The first-order chi connectivity index (χ1) is 9.69. The van der Waals surface area contributed by atoms with Crippen molar-refractivity contribution < 1.29 is 14.3 Å². The molecule has 20 heavy (non-hydrogen) atoms. The van der Waals surface area contributed by atoms with Gasteiger partial charge in [-0.3, -0.25) is 9.59 Å². The van der Waals surface area contributed by atoms with Gasteiger partial charge in [0.1, 0.15) is 5.78 Å². The van der Waals surface area contributed by atoms with Crippen molar-refractivity contribution in [2.45, 2.75) is 25.7 Å². The van der Waals surface area contributed by atoms with Gasteiger partial charge in [-0.1, -0.05) is 42.5 Å². The van der Waals surface area contributed by atoms with E-state index < -0.39 is 0 Å². The van der Waals surface area contributed by atoms with Crippen LogP contribution in [0.5, 0.6) is 0 Å². The third kappa shape index (κ3) is 4.05. The van der Waals surface area contributed by atoms with Gasteiger partial charge in [0.05, 0.1) is 7.11 Å². The van der Waals surface area contributed by atoms with Crippen molar-refractivity contribution >= 4 is 17.8 Å². The highest BCUT2D eigenvalue weighted by atomic mass is 16.5. The summed E-state index contributed by atoms with van der Waals surface area (Å²) in [6.07, 6.45) is 6.45. The van der Waals surface area contributed by atoms with Gasteiger partial charge in [0.2, 0.25) is 0 Å². The number of methoxy groups -OCH3 is 1. The maximum absolute atomic E-state index is 11.6. The lowest BCUT2D eigenvalue weighted by molar-refractivity contribution is -0.142. The SMILES string of the molecule is COC(=O)C[C@@H]1CC(=O)C[C@@H]1CC=Cc1ccccc1. The van der Waals surface area contributed by atoms with Crippen molar-refractivity contribution in [2.75, 3.05) is 7.11 Å². The van der Waals surface area contributed by atoms with E-state index in [1.54, 1.807) is 0 Å². The van der Waals surface area contributed by atoms with E-state index in [0.717, 1.165) is 12.0 Å². The fourth-order valence-electron chi connectivity index (χ4n) is 2.76. The third-order valence-corrected chi connectivity index (χ3v) is 3.85. The number of hydrogen-bond donors (Lipinski definition) is 0. The zero-order chi connectivity index (χ0) is 14.4. The molecule has 106 valence electrons. The van der Waals surface area contributed by atoms with E-state index in [0.29, 0.717) is 19.3 Å². The second-order valence-corrected chi connectivity index (χ2v) is 5.30. The number of hydrogen-bond acceptors (Lipinski definition) is 3. The molecule has 1 fully saturated rings. The van der Waals surface area contributed by atoms with Crippen LogP contribution in [0.25, 0.3) is 6.08 Å². The van der Waals surface area contributed by atoms with Crippen molar-refractivity contribution in [3.05, 3.63) is 42.0 Å². The Balaban J connectivity index is 1.91. The lowest BCUT2D eigenvalue weighted by Gasteiger charge is -2.15. The Morgan fingerprint density at radius 3 is 2.65 bits per heavy atom. The number of rotatable bonds is 5. The van der Waals surface area contributed by atoms with Gasteiger partial charge in [-0.05, 0) is 23.8 Å². The molecule has 0 bridgehead atoms. The number of benzene rings is 1. The van der Waals surface area contributed by atoms with Crippen LogP contribution < -0.4 is 0 Å². The predicted molar refractivity (Wildman–Crippen MR) is 77.9 cm³/mol. The van der Waals surface area contributed by atoms with Crippen molar-refractivity contribution in [1.82, 2.24) is 0 Å². The summed E-state index contributed by atoms with van der Waals surface area (Å²) in [5.74, 6) is 0.440. The molecule has 0 aromatic heterocycles. The van der Waals surface area contributed by atoms with Crippen LogP contribution in [0.4, 0.5) is 0 Å². The van der Waals surface area contributed by atoms with E-state index >= 15 is 0 Å². The predicted octanol–water partition coefficient (Wildman–Crippen LogP) is 3.25. The van der Waals surface area contributed by atoms with Crippen molar-refractivity contribution in [2.24, 2.45) is 11.8 Å². The smallest absolute Gasteiger partial charge is 0.305 e. The molecular formula is C17H20O3. The minimum absolute atomic E-state index is 0.135. The average Bonchev–Trinajstić information content (AvgIpc) is 2.80. The molecule has 0 aliphatic heterocycles. The van der Waals surface area contributed by atoms with E-state index in [1.165, 1.54) is 7.11 Å². The standard InChI is InChI=1S/C17H20O3/c1-20-17(19)12-15-11-16(18)10-14(15)9-5-8-13-6-3-2-4-7-13/h2-8,14-15H,9-12H2,1H3/t14-,15-/m0/s1. The van der Waals surface area contributed by atoms with Crippen LogP contribution in [-0.2, 0) is 14.3 Å². The molecule has 1 aliphatic rings. The summed E-state index contributed by atoms with van der Waals surface area (Å²) in [7, 11) is 1.39. The van der Waals surface area contributed by atoms with Crippen LogP contribution in [0.3, 0.4) is 0 Å². The van der Waals surface area contributed by atoms with Crippen LogP contribution >= 0.6 is 0 Å². The Kier molecular flexibility index (Phi) is 5.10. The second-order valence-electron chi connectivity index (χ2n) is 5.30. The van der Waals surface area contributed by atoms with Crippen LogP contribution in [0.15, 0.2) is 36.4 Å². The number of carbonyl (C=O) groups excluding carboxylic acids is 2. The normalized spacial score (nSPS) is 22.4. The number of ether oxygens (including phenoxy) is 1. The highest BCUT2D eigenvalue weighted by Crippen LogP contribution is 2.34. The summed E-state index contributed by atoms with van der Waals surface area (Å²) in [6, 6.07) is 10.1. The van der Waals surface area contributed by atoms with Gasteiger partial charge in [0.15, 0.2) is 0 Å². The molecule has 1 aromatic rings. The molecule has 2 rings (SSSR count). The zero-order valence-electron chi connectivity index (χ0n) is 11.7. The monoisotopic (exact) mass is 272 g/mol. The minimum atomic E-state index is -0.221. The Hall–Kier alpha value is -1.90. The van der Waals surface area contributed by atoms with Gasteiger partial charge < -0.3 is 4.74 Å². The van der Waals surface area contributed by atoms with Gasteiger partial charge in [0.25, 0.3) is 0 Å². The average molecular weight is 272 g/mol. The highest BCUT2D eigenvalue weighted by Gasteiger charge is 2.33. The maximum atomic E-state index is 11.6. The van der Waals surface area contributed by atoms with Gasteiger partial charge in [-0.15, -0.1) is 0 Å². The van der Waals surface area contributed by atoms with Crippen LogP contribution in [-0.4, -0.2) is 18.9 Å². The molecule has 0 N–H and O–H groups in total. The molecular weight excluding hydrogens is 252 g/mol. The Morgan fingerprint density at radius 1 is 1.25 bits per heavy atom. The number of ketones is 1. The van der Waals surface area contributed by atoms with Crippen LogP contribution in [0.2, 0.25) is 0 Å². The van der Waals surface area contributed by atoms with E-state index in [-0.39, 0.29) is 23.6 Å². The van der Waals surface area contributed by atoms with E-state index in [4.69, 9.17) is 4.74 Å². The summed E-state index contributed by atoms with van der Waals surface area (Å²) in [5.41, 5.74) is 1.15. The molecule has 1 saturated carbocycles. The van der Waals surface area contributed by atoms with Gasteiger partial charge in [-0.25, -0.2) is 0 Å². The summed E-state index contributed by atoms with van der Waals surface area (Å²) < 4.78 is 4.70. The van der Waals surface area contributed by atoms with Crippen molar-refractivity contribution in [1.29, 1.82) is 0 Å². The molecule has 1 aliphatic carbocycles.